The Morgan fingerprint density at radius 2 is 1.91 bits per heavy atom. The number of benzene rings is 1. The Kier molecular flexibility index (Phi) is 5.50. The van der Waals surface area contributed by atoms with Gasteiger partial charge in [-0.25, -0.2) is 8.78 Å². The summed E-state index contributed by atoms with van der Waals surface area (Å²) in [5.74, 6) is -1.78. The van der Waals surface area contributed by atoms with Crippen molar-refractivity contribution in [2.75, 3.05) is 25.0 Å². The third kappa shape index (κ3) is 4.39. The second-order valence-corrected chi connectivity index (χ2v) is 5.66. The zero-order chi connectivity index (χ0) is 17.0. The Morgan fingerprint density at radius 1 is 1.35 bits per heavy atom. The molecule has 0 spiro atoms. The minimum atomic E-state index is -0.845. The molecule has 0 bridgehead atoms. The minimum absolute atomic E-state index is 0.0240. The molecular weight excluding hydrogens is 304 g/mol. The quantitative estimate of drug-likeness (QED) is 0.923. The van der Waals surface area contributed by atoms with Gasteiger partial charge in [0.1, 0.15) is 5.69 Å². The van der Waals surface area contributed by atoms with E-state index in [0.29, 0.717) is 13.1 Å². The number of amides is 1. The van der Waals surface area contributed by atoms with Gasteiger partial charge in [-0.15, -0.1) is 0 Å². The van der Waals surface area contributed by atoms with Crippen LogP contribution in [0.25, 0.3) is 0 Å². The molecule has 1 fully saturated rings. The van der Waals surface area contributed by atoms with Crippen LogP contribution in [0.4, 0.5) is 14.5 Å². The molecule has 1 aliphatic heterocycles. The first-order valence-electron chi connectivity index (χ1n) is 7.47. The van der Waals surface area contributed by atoms with Crippen molar-refractivity contribution in [2.24, 2.45) is 0 Å². The maximum atomic E-state index is 13.7. The van der Waals surface area contributed by atoms with Crippen LogP contribution in [0.5, 0.6) is 0 Å². The largest absolute Gasteiger partial charge is 0.380 e. The molecule has 1 aromatic rings. The van der Waals surface area contributed by atoms with Crippen molar-refractivity contribution >= 4 is 11.6 Å². The van der Waals surface area contributed by atoms with E-state index in [4.69, 9.17) is 10.00 Å². The third-order valence-electron chi connectivity index (χ3n) is 3.58. The zero-order valence-electron chi connectivity index (χ0n) is 13.1. The Bertz CT molecular complexity index is 597. The molecule has 23 heavy (non-hydrogen) atoms. The second kappa shape index (κ2) is 7.38. The van der Waals surface area contributed by atoms with Crippen molar-refractivity contribution < 1.29 is 18.3 Å². The van der Waals surface area contributed by atoms with Crippen LogP contribution in [-0.2, 0) is 9.53 Å². The molecule has 1 aromatic carbocycles. The smallest absolute Gasteiger partial charge is 0.224 e. The number of nitriles is 1. The van der Waals surface area contributed by atoms with E-state index < -0.39 is 11.6 Å². The average molecular weight is 323 g/mol. The van der Waals surface area contributed by atoms with Crippen molar-refractivity contribution in [2.45, 2.75) is 32.5 Å². The SMILES string of the molecule is CC1CN(C(=O)CCNc2c(F)cc(C#N)cc2F)CC(C)O1. The van der Waals surface area contributed by atoms with Crippen molar-refractivity contribution in [3.8, 4) is 6.07 Å². The number of hydrogen-bond acceptors (Lipinski definition) is 4. The number of nitrogens with one attached hydrogen (secondary N) is 1. The van der Waals surface area contributed by atoms with E-state index in [1.807, 2.05) is 13.8 Å². The fourth-order valence-electron chi connectivity index (χ4n) is 2.64. The van der Waals surface area contributed by atoms with Gasteiger partial charge in [-0.05, 0) is 26.0 Å². The number of carbonyl (C=O) groups is 1. The lowest BCUT2D eigenvalue weighted by atomic mass is 10.2. The molecule has 2 unspecified atom stereocenters. The van der Waals surface area contributed by atoms with Crippen LogP contribution < -0.4 is 5.32 Å². The van der Waals surface area contributed by atoms with E-state index >= 15 is 0 Å². The van der Waals surface area contributed by atoms with Crippen molar-refractivity contribution in [3.63, 3.8) is 0 Å². The van der Waals surface area contributed by atoms with Crippen LogP contribution >= 0.6 is 0 Å². The summed E-state index contributed by atoms with van der Waals surface area (Å²) in [6.07, 6.45) is 0.0753. The van der Waals surface area contributed by atoms with Gasteiger partial charge in [0.15, 0.2) is 11.6 Å². The van der Waals surface area contributed by atoms with Gasteiger partial charge in [-0.3, -0.25) is 4.79 Å². The van der Waals surface area contributed by atoms with Crippen LogP contribution in [-0.4, -0.2) is 42.6 Å². The molecule has 124 valence electrons. The fourth-order valence-corrected chi connectivity index (χ4v) is 2.64. The van der Waals surface area contributed by atoms with E-state index in [1.165, 1.54) is 0 Å². The molecular formula is C16H19F2N3O2. The molecule has 0 aromatic heterocycles. The molecule has 2 atom stereocenters. The summed E-state index contributed by atoms with van der Waals surface area (Å²) in [7, 11) is 0. The number of morpholine rings is 1. The van der Waals surface area contributed by atoms with Gasteiger partial charge in [-0.1, -0.05) is 0 Å². The molecule has 0 aliphatic carbocycles. The molecule has 1 aliphatic rings. The van der Waals surface area contributed by atoms with Gasteiger partial charge in [0.05, 0.1) is 23.8 Å². The molecule has 2 rings (SSSR count). The number of anilines is 1. The third-order valence-corrected chi connectivity index (χ3v) is 3.58. The Balaban J connectivity index is 1.90. The highest BCUT2D eigenvalue weighted by Gasteiger charge is 2.25. The number of rotatable bonds is 4. The van der Waals surface area contributed by atoms with Gasteiger partial charge in [0.2, 0.25) is 5.91 Å². The van der Waals surface area contributed by atoms with Gasteiger partial charge in [0.25, 0.3) is 0 Å². The highest BCUT2D eigenvalue weighted by Crippen LogP contribution is 2.20. The van der Waals surface area contributed by atoms with Crippen molar-refractivity contribution in [3.05, 3.63) is 29.3 Å². The molecule has 1 saturated heterocycles. The molecule has 1 heterocycles. The highest BCUT2D eigenvalue weighted by molar-refractivity contribution is 5.77. The maximum absolute atomic E-state index is 13.7. The molecule has 0 radical (unpaired) electrons. The molecule has 0 saturated carbocycles. The van der Waals surface area contributed by atoms with E-state index in [1.54, 1.807) is 11.0 Å². The Hall–Kier alpha value is -2.20. The standard InChI is InChI=1S/C16H19F2N3O2/c1-10-8-21(9-11(2)23-10)15(22)3-4-20-16-13(17)5-12(7-19)6-14(16)18/h5-6,10-11,20H,3-4,8-9H2,1-2H3. The summed E-state index contributed by atoms with van der Waals surface area (Å²) in [5, 5.41) is 11.2. The lowest BCUT2D eigenvalue weighted by molar-refractivity contribution is -0.142. The van der Waals surface area contributed by atoms with Crippen LogP contribution in [0.15, 0.2) is 12.1 Å². The Morgan fingerprint density at radius 3 is 2.43 bits per heavy atom. The van der Waals surface area contributed by atoms with Crippen LogP contribution in [0, 0.1) is 23.0 Å². The first kappa shape index (κ1) is 17.2. The summed E-state index contributed by atoms with van der Waals surface area (Å²) in [6, 6.07) is 3.59. The molecule has 5 nitrogen and oxygen atoms in total. The monoisotopic (exact) mass is 323 g/mol. The van der Waals surface area contributed by atoms with Gasteiger partial charge < -0.3 is 15.0 Å². The number of nitrogens with zero attached hydrogens (tertiary/aromatic N) is 2. The number of halogens is 2. The van der Waals surface area contributed by atoms with Crippen LogP contribution in [0.1, 0.15) is 25.8 Å². The second-order valence-electron chi connectivity index (χ2n) is 5.66. The number of carbonyl (C=O) groups excluding carboxylic acids is 1. The highest BCUT2D eigenvalue weighted by atomic mass is 19.1. The summed E-state index contributed by atoms with van der Waals surface area (Å²) in [5.41, 5.74) is -0.404. The fraction of sp³-hybridized carbons (Fsp3) is 0.500. The van der Waals surface area contributed by atoms with E-state index in [0.717, 1.165) is 12.1 Å². The lowest BCUT2D eigenvalue weighted by Crippen LogP contribution is -2.48. The normalized spacial score (nSPS) is 20.9. The molecule has 1 N–H and O–H groups in total. The predicted molar refractivity (Wildman–Crippen MR) is 80.8 cm³/mol. The summed E-state index contributed by atoms with van der Waals surface area (Å²) < 4.78 is 33.0. The minimum Gasteiger partial charge on any atom is -0.380 e. The summed E-state index contributed by atoms with van der Waals surface area (Å²) in [6.45, 7) is 4.94. The summed E-state index contributed by atoms with van der Waals surface area (Å²) >= 11 is 0. The first-order valence-corrected chi connectivity index (χ1v) is 7.47. The number of ether oxygens (including phenoxy) is 1. The molecule has 7 heteroatoms. The topological polar surface area (TPSA) is 65.4 Å². The maximum Gasteiger partial charge on any atom is 0.224 e. The summed E-state index contributed by atoms with van der Waals surface area (Å²) in [4.78, 5) is 13.8. The molecule has 1 amide bonds. The van der Waals surface area contributed by atoms with Gasteiger partial charge >= 0.3 is 0 Å². The van der Waals surface area contributed by atoms with Crippen molar-refractivity contribution in [1.82, 2.24) is 4.90 Å². The number of hydrogen-bond donors (Lipinski definition) is 1. The Labute approximate surface area is 133 Å². The first-order chi connectivity index (χ1) is 10.9. The zero-order valence-corrected chi connectivity index (χ0v) is 13.1. The predicted octanol–water partition coefficient (Wildman–Crippen LogP) is 2.27. The van der Waals surface area contributed by atoms with Crippen molar-refractivity contribution in [1.29, 1.82) is 5.26 Å². The van der Waals surface area contributed by atoms with Gasteiger partial charge in [0, 0.05) is 26.1 Å². The van der Waals surface area contributed by atoms with Crippen LogP contribution in [0.2, 0.25) is 0 Å². The van der Waals surface area contributed by atoms with Crippen LogP contribution in [0.3, 0.4) is 0 Å². The van der Waals surface area contributed by atoms with E-state index in [2.05, 4.69) is 5.32 Å². The van der Waals surface area contributed by atoms with E-state index in [-0.39, 0.29) is 42.3 Å². The lowest BCUT2D eigenvalue weighted by Gasteiger charge is -2.35. The van der Waals surface area contributed by atoms with Gasteiger partial charge in [-0.2, -0.15) is 5.26 Å². The average Bonchev–Trinajstić information content (AvgIpc) is 2.48. The van der Waals surface area contributed by atoms with E-state index in [9.17, 15) is 13.6 Å².